The van der Waals surface area contributed by atoms with Crippen LogP contribution in [0.1, 0.15) is 11.5 Å². The van der Waals surface area contributed by atoms with Crippen LogP contribution in [0.25, 0.3) is 10.8 Å². The van der Waals surface area contributed by atoms with Crippen molar-refractivity contribution in [2.24, 2.45) is 0 Å². The third-order valence-electron chi connectivity index (χ3n) is 2.67. The van der Waals surface area contributed by atoms with Gasteiger partial charge in [-0.1, -0.05) is 42.5 Å². The molecule has 78 valence electrons. The zero-order valence-electron chi connectivity index (χ0n) is 8.36. The van der Waals surface area contributed by atoms with Crippen molar-refractivity contribution in [3.63, 3.8) is 0 Å². The van der Waals surface area contributed by atoms with E-state index < -0.39 is 0 Å². The van der Waals surface area contributed by atoms with Crippen LogP contribution in [0.15, 0.2) is 42.5 Å². The molecule has 2 aromatic carbocycles. The predicted octanol–water partition coefficient (Wildman–Crippen LogP) is 3.15. The lowest BCUT2D eigenvalue weighted by atomic mass is 9.95. The van der Waals surface area contributed by atoms with Gasteiger partial charge in [-0.2, -0.15) is 0 Å². The van der Waals surface area contributed by atoms with Gasteiger partial charge in [-0.05, 0) is 16.3 Å². The van der Waals surface area contributed by atoms with Gasteiger partial charge >= 0.3 is 0 Å². The Bertz CT molecular complexity index is 444. The van der Waals surface area contributed by atoms with E-state index in [0.29, 0.717) is 5.88 Å². The van der Waals surface area contributed by atoms with Crippen molar-refractivity contribution >= 4 is 22.4 Å². The molecule has 15 heavy (non-hydrogen) atoms. The minimum absolute atomic E-state index is 0.0257. The fraction of sp³-hybridized carbons (Fsp3) is 0.231. The lowest BCUT2D eigenvalue weighted by molar-refractivity contribution is 0.275. The summed E-state index contributed by atoms with van der Waals surface area (Å²) in [5, 5.41) is 11.6. The van der Waals surface area contributed by atoms with Crippen molar-refractivity contribution in [3.8, 4) is 0 Å². The Kier molecular flexibility index (Phi) is 3.24. The van der Waals surface area contributed by atoms with Gasteiger partial charge in [0.15, 0.2) is 0 Å². The van der Waals surface area contributed by atoms with Crippen molar-refractivity contribution in [2.75, 3.05) is 12.5 Å². The molecule has 0 bridgehead atoms. The summed E-state index contributed by atoms with van der Waals surface area (Å²) in [7, 11) is 0. The Hall–Kier alpha value is -1.05. The number of alkyl halides is 1. The molecule has 1 nitrogen and oxygen atoms in total. The summed E-state index contributed by atoms with van der Waals surface area (Å²) in [6.07, 6.45) is 0. The van der Waals surface area contributed by atoms with Crippen LogP contribution in [0.5, 0.6) is 0 Å². The summed E-state index contributed by atoms with van der Waals surface area (Å²) >= 11 is 5.84. The smallest absolute Gasteiger partial charge is 0.0511 e. The van der Waals surface area contributed by atoms with Crippen molar-refractivity contribution < 1.29 is 5.11 Å². The molecule has 0 aliphatic carbocycles. The molecule has 1 N–H and O–H groups in total. The number of halogens is 1. The first kappa shape index (κ1) is 10.5. The Labute approximate surface area is 94.3 Å². The van der Waals surface area contributed by atoms with Crippen LogP contribution < -0.4 is 0 Å². The van der Waals surface area contributed by atoms with Crippen molar-refractivity contribution in [3.05, 3.63) is 48.0 Å². The highest BCUT2D eigenvalue weighted by Crippen LogP contribution is 2.26. The van der Waals surface area contributed by atoms with Crippen LogP contribution >= 0.6 is 11.6 Å². The van der Waals surface area contributed by atoms with Crippen LogP contribution in [0, 0.1) is 0 Å². The highest BCUT2D eigenvalue weighted by atomic mass is 35.5. The van der Waals surface area contributed by atoms with Crippen LogP contribution in [-0.2, 0) is 0 Å². The highest BCUT2D eigenvalue weighted by molar-refractivity contribution is 6.18. The van der Waals surface area contributed by atoms with Crippen LogP contribution in [0.4, 0.5) is 0 Å². The molecule has 0 aliphatic rings. The van der Waals surface area contributed by atoms with E-state index in [-0.39, 0.29) is 12.5 Å². The lowest BCUT2D eigenvalue weighted by Crippen LogP contribution is -2.06. The second-order valence-electron chi connectivity index (χ2n) is 3.60. The molecule has 2 heteroatoms. The summed E-state index contributed by atoms with van der Waals surface area (Å²) < 4.78 is 0. The number of fused-ring (bicyclic) bond motifs is 1. The average molecular weight is 221 g/mol. The maximum Gasteiger partial charge on any atom is 0.0511 e. The first-order valence-electron chi connectivity index (χ1n) is 5.01. The van der Waals surface area contributed by atoms with Crippen LogP contribution in [-0.4, -0.2) is 17.6 Å². The van der Waals surface area contributed by atoms with Crippen LogP contribution in [0.3, 0.4) is 0 Å². The van der Waals surface area contributed by atoms with Gasteiger partial charge in [0.05, 0.1) is 6.61 Å². The third kappa shape index (κ3) is 1.99. The largest absolute Gasteiger partial charge is 0.396 e. The molecule has 0 aliphatic heterocycles. The first-order chi connectivity index (χ1) is 7.36. The maximum atomic E-state index is 9.25. The van der Waals surface area contributed by atoms with E-state index in [1.54, 1.807) is 0 Å². The summed E-state index contributed by atoms with van der Waals surface area (Å²) in [4.78, 5) is 0. The minimum atomic E-state index is 0.0257. The van der Waals surface area contributed by atoms with E-state index in [4.69, 9.17) is 11.6 Å². The first-order valence-corrected chi connectivity index (χ1v) is 5.54. The Morgan fingerprint density at radius 1 is 1.07 bits per heavy atom. The van der Waals surface area contributed by atoms with Gasteiger partial charge in [-0.25, -0.2) is 0 Å². The minimum Gasteiger partial charge on any atom is -0.396 e. The molecular formula is C13H13ClO. The molecule has 2 rings (SSSR count). The second-order valence-corrected chi connectivity index (χ2v) is 3.91. The molecular weight excluding hydrogens is 208 g/mol. The predicted molar refractivity (Wildman–Crippen MR) is 64.5 cm³/mol. The van der Waals surface area contributed by atoms with Gasteiger partial charge in [0.25, 0.3) is 0 Å². The topological polar surface area (TPSA) is 20.2 Å². The standard InChI is InChI=1S/C13H13ClO/c14-8-11(9-15)13-7-3-5-10-4-1-2-6-12(10)13/h1-7,11,15H,8-9H2. The van der Waals surface area contributed by atoms with E-state index >= 15 is 0 Å². The summed E-state index contributed by atoms with van der Waals surface area (Å²) in [5.41, 5.74) is 1.13. The van der Waals surface area contributed by atoms with Gasteiger partial charge in [0.2, 0.25) is 0 Å². The molecule has 0 fully saturated rings. The molecule has 0 radical (unpaired) electrons. The number of aliphatic hydroxyl groups is 1. The molecule has 0 saturated heterocycles. The average Bonchev–Trinajstić information content (AvgIpc) is 2.31. The van der Waals surface area contributed by atoms with Gasteiger partial charge in [0.1, 0.15) is 0 Å². The van der Waals surface area contributed by atoms with E-state index in [2.05, 4.69) is 18.2 Å². The molecule has 1 atom stereocenters. The summed E-state index contributed by atoms with van der Waals surface area (Å²) in [5.74, 6) is 0.475. The third-order valence-corrected chi connectivity index (χ3v) is 3.04. The summed E-state index contributed by atoms with van der Waals surface area (Å²) in [6.45, 7) is 0.0947. The second kappa shape index (κ2) is 4.65. The highest BCUT2D eigenvalue weighted by Gasteiger charge is 2.11. The molecule has 0 amide bonds. The Morgan fingerprint density at radius 3 is 2.53 bits per heavy atom. The SMILES string of the molecule is OCC(CCl)c1cccc2ccccc12. The number of hydrogen-bond acceptors (Lipinski definition) is 1. The zero-order valence-corrected chi connectivity index (χ0v) is 9.11. The number of aliphatic hydroxyl groups excluding tert-OH is 1. The molecule has 0 spiro atoms. The van der Waals surface area contributed by atoms with E-state index in [1.807, 2.05) is 24.3 Å². The normalized spacial score (nSPS) is 12.9. The fourth-order valence-corrected chi connectivity index (χ4v) is 2.10. The molecule has 1 unspecified atom stereocenters. The van der Waals surface area contributed by atoms with Gasteiger partial charge in [0, 0.05) is 11.8 Å². The van der Waals surface area contributed by atoms with Crippen LogP contribution in [0.2, 0.25) is 0 Å². The van der Waals surface area contributed by atoms with E-state index in [1.165, 1.54) is 10.8 Å². The van der Waals surface area contributed by atoms with Crippen molar-refractivity contribution in [1.29, 1.82) is 0 Å². The van der Waals surface area contributed by atoms with Crippen molar-refractivity contribution in [2.45, 2.75) is 5.92 Å². The number of rotatable bonds is 3. The van der Waals surface area contributed by atoms with E-state index in [9.17, 15) is 5.11 Å². The van der Waals surface area contributed by atoms with Crippen molar-refractivity contribution in [1.82, 2.24) is 0 Å². The van der Waals surface area contributed by atoms with E-state index in [0.717, 1.165) is 5.56 Å². The van der Waals surface area contributed by atoms with Gasteiger partial charge in [-0.3, -0.25) is 0 Å². The summed E-state index contributed by atoms with van der Waals surface area (Å²) in [6, 6.07) is 14.3. The number of benzene rings is 2. The Morgan fingerprint density at radius 2 is 1.80 bits per heavy atom. The molecule has 0 saturated carbocycles. The quantitative estimate of drug-likeness (QED) is 0.788. The molecule has 0 aromatic heterocycles. The zero-order chi connectivity index (χ0) is 10.7. The molecule has 2 aromatic rings. The fourth-order valence-electron chi connectivity index (χ4n) is 1.84. The molecule has 0 heterocycles. The lowest BCUT2D eigenvalue weighted by Gasteiger charge is -2.13. The van der Waals surface area contributed by atoms with Gasteiger partial charge in [-0.15, -0.1) is 11.6 Å². The van der Waals surface area contributed by atoms with Gasteiger partial charge < -0.3 is 5.11 Å². The Balaban J connectivity index is 2.59. The number of hydrogen-bond donors (Lipinski definition) is 1. The maximum absolute atomic E-state index is 9.25. The monoisotopic (exact) mass is 220 g/mol.